The minimum Gasteiger partial charge on any atom is -0.349 e. The first-order valence-electron chi connectivity index (χ1n) is 10.1. The number of piperazine rings is 1. The van der Waals surface area contributed by atoms with E-state index in [2.05, 4.69) is 22.1 Å². The SMILES string of the molecule is Cc1cc(=O)c(N2CCN(Cc3ccccc3)CC2)nn1-c1cccc(C(F)(F)F)c1. The number of anilines is 1. The molecule has 1 saturated heterocycles. The van der Waals surface area contributed by atoms with E-state index < -0.39 is 11.7 Å². The fourth-order valence-corrected chi connectivity index (χ4v) is 3.79. The normalized spacial score (nSPS) is 15.3. The van der Waals surface area contributed by atoms with Gasteiger partial charge >= 0.3 is 6.18 Å². The summed E-state index contributed by atoms with van der Waals surface area (Å²) in [5.41, 5.74) is 1.02. The van der Waals surface area contributed by atoms with Crippen molar-refractivity contribution in [1.29, 1.82) is 0 Å². The van der Waals surface area contributed by atoms with Gasteiger partial charge in [-0.15, -0.1) is 5.10 Å². The van der Waals surface area contributed by atoms with E-state index in [0.29, 0.717) is 18.8 Å². The van der Waals surface area contributed by atoms with Crippen LogP contribution in [-0.2, 0) is 12.7 Å². The maximum atomic E-state index is 13.1. The molecule has 0 unspecified atom stereocenters. The van der Waals surface area contributed by atoms with Crippen molar-refractivity contribution < 1.29 is 13.2 Å². The summed E-state index contributed by atoms with van der Waals surface area (Å²) < 4.78 is 40.8. The van der Waals surface area contributed by atoms with E-state index in [9.17, 15) is 18.0 Å². The van der Waals surface area contributed by atoms with Gasteiger partial charge in [0, 0.05) is 44.5 Å². The van der Waals surface area contributed by atoms with Crippen LogP contribution in [-0.4, -0.2) is 40.9 Å². The van der Waals surface area contributed by atoms with E-state index in [1.165, 1.54) is 22.4 Å². The molecule has 0 bridgehead atoms. The Kier molecular flexibility index (Phi) is 5.82. The Morgan fingerprint density at radius 1 is 0.935 bits per heavy atom. The largest absolute Gasteiger partial charge is 0.416 e. The van der Waals surface area contributed by atoms with E-state index in [-0.39, 0.29) is 16.9 Å². The zero-order chi connectivity index (χ0) is 22.0. The van der Waals surface area contributed by atoms with Crippen molar-refractivity contribution >= 4 is 5.82 Å². The number of halogens is 3. The van der Waals surface area contributed by atoms with Crippen LogP contribution in [0.4, 0.5) is 19.0 Å². The van der Waals surface area contributed by atoms with E-state index in [0.717, 1.165) is 31.8 Å². The van der Waals surface area contributed by atoms with Gasteiger partial charge in [-0.25, -0.2) is 4.68 Å². The van der Waals surface area contributed by atoms with Crippen LogP contribution in [0.5, 0.6) is 0 Å². The molecule has 2 aromatic carbocycles. The molecule has 0 amide bonds. The Balaban J connectivity index is 1.55. The number of alkyl halides is 3. The lowest BCUT2D eigenvalue weighted by Crippen LogP contribution is -2.48. The molecule has 1 fully saturated rings. The van der Waals surface area contributed by atoms with Crippen molar-refractivity contribution in [3.8, 4) is 5.69 Å². The molecule has 3 aromatic rings. The van der Waals surface area contributed by atoms with Crippen LogP contribution >= 0.6 is 0 Å². The monoisotopic (exact) mass is 428 g/mol. The first-order chi connectivity index (χ1) is 14.8. The van der Waals surface area contributed by atoms with E-state index >= 15 is 0 Å². The summed E-state index contributed by atoms with van der Waals surface area (Å²) in [6.07, 6.45) is -4.44. The fraction of sp³-hybridized carbons (Fsp3) is 0.304. The van der Waals surface area contributed by atoms with Crippen LogP contribution in [0.2, 0.25) is 0 Å². The summed E-state index contributed by atoms with van der Waals surface area (Å²) in [6, 6.07) is 16.6. The molecule has 4 rings (SSSR count). The highest BCUT2D eigenvalue weighted by Crippen LogP contribution is 2.30. The number of benzene rings is 2. The molecule has 2 heterocycles. The van der Waals surface area contributed by atoms with Crippen LogP contribution < -0.4 is 10.3 Å². The first kappa shape index (κ1) is 21.1. The van der Waals surface area contributed by atoms with Crippen molar-refractivity contribution in [3.63, 3.8) is 0 Å². The number of rotatable bonds is 4. The molecule has 1 aromatic heterocycles. The van der Waals surface area contributed by atoms with Gasteiger partial charge < -0.3 is 4.90 Å². The summed E-state index contributed by atoms with van der Waals surface area (Å²) in [5.74, 6) is 0.266. The van der Waals surface area contributed by atoms with Crippen molar-refractivity contribution in [2.24, 2.45) is 0 Å². The van der Waals surface area contributed by atoms with Gasteiger partial charge in [-0.2, -0.15) is 13.2 Å². The van der Waals surface area contributed by atoms with Crippen LogP contribution in [0.25, 0.3) is 5.69 Å². The third kappa shape index (κ3) is 4.80. The van der Waals surface area contributed by atoms with Gasteiger partial charge in [0.25, 0.3) is 0 Å². The molecule has 8 heteroatoms. The van der Waals surface area contributed by atoms with Crippen molar-refractivity contribution in [3.05, 3.63) is 87.7 Å². The first-order valence-corrected chi connectivity index (χ1v) is 10.1. The second kappa shape index (κ2) is 8.55. The lowest BCUT2D eigenvalue weighted by molar-refractivity contribution is -0.137. The molecule has 0 radical (unpaired) electrons. The average molecular weight is 428 g/mol. The van der Waals surface area contributed by atoms with E-state index in [1.807, 2.05) is 23.1 Å². The maximum Gasteiger partial charge on any atom is 0.416 e. The summed E-state index contributed by atoms with van der Waals surface area (Å²) in [4.78, 5) is 16.8. The molecule has 0 spiro atoms. The maximum absolute atomic E-state index is 13.1. The number of aryl methyl sites for hydroxylation is 1. The third-order valence-electron chi connectivity index (χ3n) is 5.43. The second-order valence-electron chi connectivity index (χ2n) is 7.68. The van der Waals surface area contributed by atoms with Crippen LogP contribution in [0.1, 0.15) is 16.8 Å². The standard InChI is InChI=1S/C23H23F3N4O/c1-17-14-21(31)22(27-30(17)20-9-5-8-19(15-20)23(24,25)26)29-12-10-28(11-13-29)16-18-6-3-2-4-7-18/h2-9,14-15H,10-13,16H2,1H3. The van der Waals surface area contributed by atoms with Gasteiger partial charge in [0.15, 0.2) is 5.82 Å². The summed E-state index contributed by atoms with van der Waals surface area (Å²) in [6.45, 7) is 5.29. The molecule has 31 heavy (non-hydrogen) atoms. The Hall–Kier alpha value is -3.13. The van der Waals surface area contributed by atoms with Gasteiger partial charge in [0.05, 0.1) is 11.3 Å². The Morgan fingerprint density at radius 2 is 1.65 bits per heavy atom. The predicted molar refractivity (Wildman–Crippen MR) is 114 cm³/mol. The smallest absolute Gasteiger partial charge is 0.349 e. The molecule has 0 N–H and O–H groups in total. The second-order valence-corrected chi connectivity index (χ2v) is 7.68. The third-order valence-corrected chi connectivity index (χ3v) is 5.43. The Bertz CT molecular complexity index is 1100. The highest BCUT2D eigenvalue weighted by molar-refractivity contribution is 5.43. The highest BCUT2D eigenvalue weighted by Gasteiger charge is 2.30. The minimum absolute atomic E-state index is 0.225. The lowest BCUT2D eigenvalue weighted by atomic mass is 10.2. The minimum atomic E-state index is -4.44. The molecule has 1 aliphatic heterocycles. The summed E-state index contributed by atoms with van der Waals surface area (Å²) in [7, 11) is 0. The average Bonchev–Trinajstić information content (AvgIpc) is 2.75. The highest BCUT2D eigenvalue weighted by atomic mass is 19.4. The van der Waals surface area contributed by atoms with Gasteiger partial charge in [0.2, 0.25) is 5.43 Å². The topological polar surface area (TPSA) is 41.4 Å². The number of hydrogen-bond acceptors (Lipinski definition) is 4. The Labute approximate surface area is 178 Å². The molecule has 162 valence electrons. The Morgan fingerprint density at radius 3 is 2.32 bits per heavy atom. The summed E-state index contributed by atoms with van der Waals surface area (Å²) >= 11 is 0. The number of hydrogen-bond donors (Lipinski definition) is 0. The van der Waals surface area contributed by atoms with Crippen molar-refractivity contribution in [1.82, 2.24) is 14.7 Å². The quantitative estimate of drug-likeness (QED) is 0.633. The van der Waals surface area contributed by atoms with E-state index in [1.54, 1.807) is 13.0 Å². The summed E-state index contributed by atoms with van der Waals surface area (Å²) in [5, 5.41) is 4.44. The van der Waals surface area contributed by atoms with Crippen molar-refractivity contribution in [2.75, 3.05) is 31.1 Å². The van der Waals surface area contributed by atoms with Gasteiger partial charge in [-0.05, 0) is 30.7 Å². The predicted octanol–water partition coefficient (Wildman–Crippen LogP) is 3.88. The molecule has 5 nitrogen and oxygen atoms in total. The molecule has 0 saturated carbocycles. The fourth-order valence-electron chi connectivity index (χ4n) is 3.79. The number of aromatic nitrogens is 2. The molecule has 0 aliphatic carbocycles. The lowest BCUT2D eigenvalue weighted by Gasteiger charge is -2.35. The van der Waals surface area contributed by atoms with Crippen LogP contribution in [0, 0.1) is 6.92 Å². The van der Waals surface area contributed by atoms with Gasteiger partial charge in [0.1, 0.15) is 0 Å². The van der Waals surface area contributed by atoms with Crippen molar-refractivity contribution in [2.45, 2.75) is 19.6 Å². The zero-order valence-electron chi connectivity index (χ0n) is 17.1. The zero-order valence-corrected chi connectivity index (χ0v) is 17.1. The molecular formula is C23H23F3N4O. The number of nitrogens with zero attached hydrogens (tertiary/aromatic N) is 4. The van der Waals surface area contributed by atoms with Gasteiger partial charge in [-0.3, -0.25) is 9.69 Å². The molecule has 1 aliphatic rings. The van der Waals surface area contributed by atoms with E-state index in [4.69, 9.17) is 0 Å². The molecular weight excluding hydrogens is 405 g/mol. The van der Waals surface area contributed by atoms with Crippen LogP contribution in [0.15, 0.2) is 65.5 Å². The van der Waals surface area contributed by atoms with Crippen LogP contribution in [0.3, 0.4) is 0 Å². The van der Waals surface area contributed by atoms with Gasteiger partial charge in [-0.1, -0.05) is 36.4 Å². The molecule has 0 atom stereocenters.